The van der Waals surface area contributed by atoms with E-state index in [0.29, 0.717) is 5.75 Å². The molecular formula is C18H23N3O3S. The third-order valence-electron chi connectivity index (χ3n) is 4.39. The number of rotatable bonds is 6. The summed E-state index contributed by atoms with van der Waals surface area (Å²) in [5.41, 5.74) is 4.92. The van der Waals surface area contributed by atoms with E-state index in [1.54, 1.807) is 14.2 Å². The van der Waals surface area contributed by atoms with Gasteiger partial charge < -0.3 is 9.47 Å². The number of carbonyl (C=O) groups is 1. The molecule has 25 heavy (non-hydrogen) atoms. The van der Waals surface area contributed by atoms with Gasteiger partial charge in [-0.1, -0.05) is 30.0 Å². The van der Waals surface area contributed by atoms with E-state index in [4.69, 9.17) is 9.47 Å². The number of hydrazone groups is 1. The van der Waals surface area contributed by atoms with Gasteiger partial charge in [-0.25, -0.2) is 5.43 Å². The van der Waals surface area contributed by atoms with Crippen LogP contribution in [0.1, 0.15) is 18.1 Å². The Morgan fingerprint density at radius 2 is 2.12 bits per heavy atom. The van der Waals surface area contributed by atoms with Crippen LogP contribution in [0, 0.1) is 0 Å². The van der Waals surface area contributed by atoms with Crippen LogP contribution in [0.15, 0.2) is 41.0 Å². The lowest BCUT2D eigenvalue weighted by atomic mass is 10.1. The molecule has 6 nitrogen and oxygen atoms in total. The summed E-state index contributed by atoms with van der Waals surface area (Å²) < 4.78 is 10.9. The Balaban J connectivity index is 1.59. The lowest BCUT2D eigenvalue weighted by Gasteiger charge is -2.30. The highest BCUT2D eigenvalue weighted by atomic mass is 32.2. The first-order chi connectivity index (χ1) is 12.2. The molecule has 1 N–H and O–H groups in total. The quantitative estimate of drug-likeness (QED) is 0.842. The van der Waals surface area contributed by atoms with Gasteiger partial charge in [-0.05, 0) is 29.7 Å². The maximum Gasteiger partial charge on any atom is 0.250 e. The van der Waals surface area contributed by atoms with E-state index in [-0.39, 0.29) is 12.0 Å². The van der Waals surface area contributed by atoms with Crippen LogP contribution in [-0.2, 0) is 9.53 Å². The summed E-state index contributed by atoms with van der Waals surface area (Å²) >= 11 is 1.51. The van der Waals surface area contributed by atoms with Crippen LogP contribution in [0.3, 0.4) is 0 Å². The van der Waals surface area contributed by atoms with Gasteiger partial charge in [0.05, 0.1) is 19.0 Å². The minimum absolute atomic E-state index is 0.0292. The standard InChI is InChI=1S/C18H23N3O3S/c1-23-15-5-3-13(4-6-15)16(24-2)11-21-9-7-14(8-10-21)18-20-19-17(22)12-25-18/h3-7,16H,8-12H2,1-2H3,(H,19,22). The predicted octanol–water partition coefficient (Wildman–Crippen LogP) is 2.19. The van der Waals surface area contributed by atoms with Crippen molar-refractivity contribution in [1.82, 2.24) is 10.3 Å². The topological polar surface area (TPSA) is 63.2 Å². The van der Waals surface area contributed by atoms with Gasteiger partial charge in [-0.3, -0.25) is 9.69 Å². The number of amides is 1. The molecule has 3 rings (SSSR count). The number of methoxy groups -OCH3 is 2. The summed E-state index contributed by atoms with van der Waals surface area (Å²) in [5.74, 6) is 1.26. The molecule has 1 amide bonds. The van der Waals surface area contributed by atoms with Crippen LogP contribution in [0.2, 0.25) is 0 Å². The van der Waals surface area contributed by atoms with E-state index in [9.17, 15) is 4.79 Å². The van der Waals surface area contributed by atoms with Crippen molar-refractivity contribution in [2.24, 2.45) is 5.10 Å². The molecule has 1 aromatic carbocycles. The summed E-state index contributed by atoms with van der Waals surface area (Å²) in [7, 11) is 3.41. The fraction of sp³-hybridized carbons (Fsp3) is 0.444. The summed E-state index contributed by atoms with van der Waals surface area (Å²) in [6.07, 6.45) is 3.16. The second-order valence-corrected chi connectivity index (χ2v) is 6.94. The number of hydrogen-bond donors (Lipinski definition) is 1. The van der Waals surface area contributed by atoms with Crippen molar-refractivity contribution in [2.75, 3.05) is 39.6 Å². The van der Waals surface area contributed by atoms with Crippen molar-refractivity contribution < 1.29 is 14.3 Å². The van der Waals surface area contributed by atoms with Gasteiger partial charge in [-0.15, -0.1) is 0 Å². The van der Waals surface area contributed by atoms with Crippen molar-refractivity contribution in [3.05, 3.63) is 41.5 Å². The maximum atomic E-state index is 11.2. The number of hydrogen-bond acceptors (Lipinski definition) is 6. The Bertz CT molecular complexity index is 673. The summed E-state index contributed by atoms with van der Waals surface area (Å²) in [6.45, 7) is 2.65. The molecule has 134 valence electrons. The van der Waals surface area contributed by atoms with Crippen LogP contribution in [0.25, 0.3) is 0 Å². The Kier molecular flexibility index (Phi) is 6.12. The maximum absolute atomic E-state index is 11.2. The van der Waals surface area contributed by atoms with Gasteiger partial charge in [0, 0.05) is 26.7 Å². The summed E-state index contributed by atoms with van der Waals surface area (Å²) in [4.78, 5) is 13.6. The van der Waals surface area contributed by atoms with E-state index in [1.165, 1.54) is 17.3 Å². The molecule has 0 aliphatic carbocycles. The van der Waals surface area contributed by atoms with Crippen molar-refractivity contribution in [3.63, 3.8) is 0 Å². The second-order valence-electron chi connectivity index (χ2n) is 5.98. The molecule has 0 saturated heterocycles. The molecule has 2 heterocycles. The Hall–Kier alpha value is -1.83. The molecule has 0 fully saturated rings. The van der Waals surface area contributed by atoms with E-state index >= 15 is 0 Å². The zero-order valence-electron chi connectivity index (χ0n) is 14.5. The van der Waals surface area contributed by atoms with Crippen molar-refractivity contribution >= 4 is 22.7 Å². The number of benzene rings is 1. The number of nitrogens with zero attached hydrogens (tertiary/aromatic N) is 2. The van der Waals surface area contributed by atoms with Crippen molar-refractivity contribution in [1.29, 1.82) is 0 Å². The molecule has 1 aromatic rings. The van der Waals surface area contributed by atoms with Gasteiger partial charge in [0.15, 0.2) is 0 Å². The molecule has 2 aliphatic heterocycles. The molecule has 2 aliphatic rings. The monoisotopic (exact) mass is 361 g/mol. The fourth-order valence-corrected chi connectivity index (χ4v) is 3.73. The zero-order chi connectivity index (χ0) is 17.6. The first kappa shape index (κ1) is 18.0. The molecule has 7 heteroatoms. The molecule has 0 bridgehead atoms. The van der Waals surface area contributed by atoms with Crippen LogP contribution in [0.5, 0.6) is 5.75 Å². The summed E-state index contributed by atoms with van der Waals surface area (Å²) in [5, 5.41) is 5.10. The third kappa shape index (κ3) is 4.62. The Morgan fingerprint density at radius 3 is 2.68 bits per heavy atom. The Labute approximate surface area is 152 Å². The highest BCUT2D eigenvalue weighted by Crippen LogP contribution is 2.25. The smallest absolute Gasteiger partial charge is 0.250 e. The molecule has 0 aromatic heterocycles. The first-order valence-electron chi connectivity index (χ1n) is 8.27. The second kappa shape index (κ2) is 8.51. The number of carbonyl (C=O) groups excluding carboxylic acids is 1. The Morgan fingerprint density at radius 1 is 1.32 bits per heavy atom. The zero-order valence-corrected chi connectivity index (χ0v) is 15.3. The predicted molar refractivity (Wildman–Crippen MR) is 99.9 cm³/mol. The highest BCUT2D eigenvalue weighted by Gasteiger charge is 2.22. The largest absolute Gasteiger partial charge is 0.497 e. The third-order valence-corrected chi connectivity index (χ3v) is 5.42. The van der Waals surface area contributed by atoms with Gasteiger partial charge in [0.2, 0.25) is 0 Å². The van der Waals surface area contributed by atoms with E-state index in [2.05, 4.69) is 21.5 Å². The summed E-state index contributed by atoms with van der Waals surface area (Å²) in [6, 6.07) is 8.02. The van der Waals surface area contributed by atoms with E-state index < -0.39 is 0 Å². The highest BCUT2D eigenvalue weighted by molar-refractivity contribution is 8.15. The van der Waals surface area contributed by atoms with Crippen LogP contribution in [0.4, 0.5) is 0 Å². The minimum Gasteiger partial charge on any atom is -0.497 e. The van der Waals surface area contributed by atoms with Gasteiger partial charge in [-0.2, -0.15) is 5.10 Å². The first-order valence-corrected chi connectivity index (χ1v) is 9.26. The molecular weight excluding hydrogens is 338 g/mol. The fourth-order valence-electron chi connectivity index (χ4n) is 2.92. The lowest BCUT2D eigenvalue weighted by Crippen LogP contribution is -2.35. The van der Waals surface area contributed by atoms with Crippen LogP contribution >= 0.6 is 11.8 Å². The average Bonchev–Trinajstić information content (AvgIpc) is 2.67. The van der Waals surface area contributed by atoms with E-state index in [1.807, 2.05) is 24.3 Å². The molecule has 1 atom stereocenters. The average molecular weight is 361 g/mol. The van der Waals surface area contributed by atoms with Gasteiger partial charge in [0.1, 0.15) is 10.8 Å². The molecule has 0 saturated carbocycles. The SMILES string of the molecule is COc1ccc(C(CN2CC=C(C3=NNC(=O)CS3)CC2)OC)cc1. The molecule has 1 unspecified atom stereocenters. The van der Waals surface area contributed by atoms with Gasteiger partial charge >= 0.3 is 0 Å². The van der Waals surface area contributed by atoms with Crippen molar-refractivity contribution in [3.8, 4) is 5.75 Å². The van der Waals surface area contributed by atoms with Crippen molar-refractivity contribution in [2.45, 2.75) is 12.5 Å². The van der Waals surface area contributed by atoms with Gasteiger partial charge in [0.25, 0.3) is 5.91 Å². The van der Waals surface area contributed by atoms with Crippen LogP contribution < -0.4 is 10.2 Å². The molecule has 0 radical (unpaired) electrons. The number of nitrogens with one attached hydrogen (secondary N) is 1. The van der Waals surface area contributed by atoms with Crippen LogP contribution in [-0.4, -0.2) is 55.5 Å². The lowest BCUT2D eigenvalue weighted by molar-refractivity contribution is -0.118. The number of thioether (sulfide) groups is 1. The number of ether oxygens (including phenoxy) is 2. The normalized spacial score (nSPS) is 19.7. The minimum atomic E-state index is -0.0331. The van der Waals surface area contributed by atoms with E-state index in [0.717, 1.165) is 42.4 Å². The molecule has 0 spiro atoms.